The van der Waals surface area contributed by atoms with E-state index in [4.69, 9.17) is 5.73 Å². The van der Waals surface area contributed by atoms with Crippen LogP contribution in [0.15, 0.2) is 23.1 Å². The first kappa shape index (κ1) is 12.2. The Labute approximate surface area is 103 Å². The number of nitrogen functional groups attached to an aromatic ring is 1. The first-order valence-corrected chi connectivity index (χ1v) is 5.62. The van der Waals surface area contributed by atoms with Crippen molar-refractivity contribution in [1.82, 2.24) is 15.0 Å². The molecule has 6 heteroatoms. The second-order valence-corrected chi connectivity index (χ2v) is 3.89. The Bertz CT molecular complexity index is 606. The molecule has 18 heavy (non-hydrogen) atoms. The lowest BCUT2D eigenvalue weighted by molar-refractivity contribution is 0.621. The molecule has 0 bridgehead atoms. The summed E-state index contributed by atoms with van der Waals surface area (Å²) in [5.41, 5.74) is 6.32. The van der Waals surface area contributed by atoms with Gasteiger partial charge in [-0.2, -0.15) is 0 Å². The summed E-state index contributed by atoms with van der Waals surface area (Å²) in [6.45, 7) is 1.95. The number of anilines is 1. The van der Waals surface area contributed by atoms with Gasteiger partial charge < -0.3 is 10.7 Å². The molecule has 0 aliphatic heterocycles. The summed E-state index contributed by atoms with van der Waals surface area (Å²) >= 11 is 0. The Morgan fingerprint density at radius 2 is 2.22 bits per heavy atom. The lowest BCUT2D eigenvalue weighted by atomic mass is 10.2. The monoisotopic (exact) mass is 248 g/mol. The summed E-state index contributed by atoms with van der Waals surface area (Å²) in [6.07, 6.45) is 2.44. The van der Waals surface area contributed by atoms with Gasteiger partial charge in [-0.15, -0.1) is 0 Å². The van der Waals surface area contributed by atoms with E-state index in [1.54, 1.807) is 0 Å². The fourth-order valence-electron chi connectivity index (χ4n) is 1.64. The minimum absolute atomic E-state index is 0.196. The molecule has 94 valence electrons. The molecule has 0 unspecified atom stereocenters. The van der Waals surface area contributed by atoms with Crippen LogP contribution in [0, 0.1) is 5.82 Å². The number of halogens is 1. The predicted octanol–water partition coefficient (Wildman–Crippen LogP) is 1.51. The Balaban J connectivity index is 2.48. The van der Waals surface area contributed by atoms with E-state index in [1.165, 1.54) is 12.1 Å². The normalized spacial score (nSPS) is 10.6. The average molecular weight is 248 g/mol. The highest BCUT2D eigenvalue weighted by Gasteiger charge is 2.10. The van der Waals surface area contributed by atoms with Crippen molar-refractivity contribution in [2.75, 3.05) is 5.73 Å². The third-order valence-corrected chi connectivity index (χ3v) is 2.52. The Hall–Kier alpha value is -2.24. The van der Waals surface area contributed by atoms with Gasteiger partial charge in [0.1, 0.15) is 17.3 Å². The molecule has 3 N–H and O–H groups in total. The number of pyridine rings is 1. The van der Waals surface area contributed by atoms with Crippen LogP contribution in [0.2, 0.25) is 0 Å². The van der Waals surface area contributed by atoms with Crippen molar-refractivity contribution in [3.05, 3.63) is 40.1 Å². The highest BCUT2D eigenvalue weighted by molar-refractivity contribution is 5.52. The van der Waals surface area contributed by atoms with E-state index in [-0.39, 0.29) is 17.2 Å². The van der Waals surface area contributed by atoms with Crippen molar-refractivity contribution in [2.24, 2.45) is 0 Å². The van der Waals surface area contributed by atoms with Gasteiger partial charge in [0, 0.05) is 0 Å². The molecule has 0 radical (unpaired) electrons. The number of nitrogens with one attached hydrogen (secondary N) is 1. The Kier molecular flexibility index (Phi) is 3.36. The largest absolute Gasteiger partial charge is 0.383 e. The van der Waals surface area contributed by atoms with Gasteiger partial charge >= 0.3 is 0 Å². The third kappa shape index (κ3) is 2.37. The van der Waals surface area contributed by atoms with Crippen LogP contribution in [0.5, 0.6) is 0 Å². The van der Waals surface area contributed by atoms with Crippen molar-refractivity contribution < 1.29 is 4.39 Å². The first-order chi connectivity index (χ1) is 8.61. The lowest BCUT2D eigenvalue weighted by Gasteiger charge is -2.05. The standard InChI is InChI=1S/C12H13FN4O/c1-2-3-8-10(14)16-11(17-12(8)18)9-5-4-7(13)6-15-9/h4-6H,2-3H2,1H3,(H3,14,16,17,18). The molecule has 0 aliphatic carbocycles. The molecule has 5 nitrogen and oxygen atoms in total. The smallest absolute Gasteiger partial charge is 0.256 e. The summed E-state index contributed by atoms with van der Waals surface area (Å²) in [5.74, 6) is -0.00394. The Morgan fingerprint density at radius 3 is 2.78 bits per heavy atom. The van der Waals surface area contributed by atoms with E-state index in [1.807, 2.05) is 6.92 Å². The minimum atomic E-state index is -0.448. The molecule has 0 atom stereocenters. The molecule has 2 rings (SSSR count). The molecule has 0 aliphatic rings. The summed E-state index contributed by atoms with van der Waals surface area (Å²) in [7, 11) is 0. The summed E-state index contributed by atoms with van der Waals surface area (Å²) in [4.78, 5) is 22.4. The summed E-state index contributed by atoms with van der Waals surface area (Å²) in [5, 5.41) is 0. The zero-order valence-electron chi connectivity index (χ0n) is 9.90. The highest BCUT2D eigenvalue weighted by atomic mass is 19.1. The van der Waals surface area contributed by atoms with Gasteiger partial charge in [-0.1, -0.05) is 13.3 Å². The molecule has 0 saturated carbocycles. The van der Waals surface area contributed by atoms with E-state index < -0.39 is 5.82 Å². The van der Waals surface area contributed by atoms with Crippen LogP contribution in [-0.4, -0.2) is 15.0 Å². The van der Waals surface area contributed by atoms with Gasteiger partial charge in [0.15, 0.2) is 5.82 Å². The maximum absolute atomic E-state index is 12.7. The van der Waals surface area contributed by atoms with Crippen molar-refractivity contribution in [1.29, 1.82) is 0 Å². The van der Waals surface area contributed by atoms with Crippen LogP contribution < -0.4 is 11.3 Å². The van der Waals surface area contributed by atoms with E-state index in [9.17, 15) is 9.18 Å². The van der Waals surface area contributed by atoms with Crippen molar-refractivity contribution in [3.8, 4) is 11.5 Å². The van der Waals surface area contributed by atoms with Crippen LogP contribution >= 0.6 is 0 Å². The number of aromatic amines is 1. The van der Waals surface area contributed by atoms with Crippen molar-refractivity contribution >= 4 is 5.82 Å². The van der Waals surface area contributed by atoms with Crippen LogP contribution in [0.1, 0.15) is 18.9 Å². The number of H-pyrrole nitrogens is 1. The third-order valence-electron chi connectivity index (χ3n) is 2.52. The zero-order chi connectivity index (χ0) is 13.1. The fraction of sp³-hybridized carbons (Fsp3) is 0.250. The maximum atomic E-state index is 12.7. The number of hydrogen-bond acceptors (Lipinski definition) is 4. The highest BCUT2D eigenvalue weighted by Crippen LogP contribution is 2.14. The van der Waals surface area contributed by atoms with E-state index in [0.29, 0.717) is 17.7 Å². The molecule has 0 fully saturated rings. The number of nitrogens with zero attached hydrogens (tertiary/aromatic N) is 2. The van der Waals surface area contributed by atoms with Crippen LogP contribution in [-0.2, 0) is 6.42 Å². The topological polar surface area (TPSA) is 84.7 Å². The summed E-state index contributed by atoms with van der Waals surface area (Å²) < 4.78 is 12.7. The number of nitrogens with two attached hydrogens (primary N) is 1. The second kappa shape index (κ2) is 4.95. The lowest BCUT2D eigenvalue weighted by Crippen LogP contribution is -2.18. The number of hydrogen-bond donors (Lipinski definition) is 2. The first-order valence-electron chi connectivity index (χ1n) is 5.62. The van der Waals surface area contributed by atoms with E-state index >= 15 is 0 Å². The van der Waals surface area contributed by atoms with Crippen LogP contribution in [0.4, 0.5) is 10.2 Å². The molecule has 0 saturated heterocycles. The van der Waals surface area contributed by atoms with Gasteiger partial charge in [-0.05, 0) is 18.6 Å². The van der Waals surface area contributed by atoms with Crippen molar-refractivity contribution in [3.63, 3.8) is 0 Å². The molecule has 0 spiro atoms. The quantitative estimate of drug-likeness (QED) is 0.862. The SMILES string of the molecule is CCCc1c(N)nc(-c2ccc(F)cn2)[nH]c1=O. The second-order valence-electron chi connectivity index (χ2n) is 3.89. The van der Waals surface area contributed by atoms with Crippen LogP contribution in [0.3, 0.4) is 0 Å². The molecular weight excluding hydrogens is 235 g/mol. The Morgan fingerprint density at radius 1 is 1.44 bits per heavy atom. The molecule has 2 aromatic heterocycles. The zero-order valence-corrected chi connectivity index (χ0v) is 9.90. The van der Waals surface area contributed by atoms with Gasteiger partial charge in [0.25, 0.3) is 5.56 Å². The predicted molar refractivity (Wildman–Crippen MR) is 66.5 cm³/mol. The fourth-order valence-corrected chi connectivity index (χ4v) is 1.64. The van der Waals surface area contributed by atoms with Gasteiger partial charge in [0.05, 0.1) is 11.8 Å². The van der Waals surface area contributed by atoms with Gasteiger partial charge in [0.2, 0.25) is 0 Å². The van der Waals surface area contributed by atoms with Crippen LogP contribution in [0.25, 0.3) is 11.5 Å². The van der Waals surface area contributed by atoms with E-state index in [0.717, 1.165) is 12.6 Å². The number of rotatable bonds is 3. The summed E-state index contributed by atoms with van der Waals surface area (Å²) in [6, 6.07) is 2.69. The van der Waals surface area contributed by atoms with Gasteiger partial charge in [-0.25, -0.2) is 14.4 Å². The van der Waals surface area contributed by atoms with E-state index in [2.05, 4.69) is 15.0 Å². The molecule has 2 heterocycles. The van der Waals surface area contributed by atoms with Crippen molar-refractivity contribution in [2.45, 2.75) is 19.8 Å². The number of aromatic nitrogens is 3. The van der Waals surface area contributed by atoms with Gasteiger partial charge in [-0.3, -0.25) is 4.79 Å². The average Bonchev–Trinajstić information content (AvgIpc) is 2.34. The minimum Gasteiger partial charge on any atom is -0.383 e. The molecule has 0 amide bonds. The maximum Gasteiger partial charge on any atom is 0.256 e. The molecule has 2 aromatic rings. The molecular formula is C12H13FN4O. The molecule has 0 aromatic carbocycles.